The highest BCUT2D eigenvalue weighted by atomic mass is 79.9. The highest BCUT2D eigenvalue weighted by molar-refractivity contribution is 9.09. The van der Waals surface area contributed by atoms with Gasteiger partial charge >= 0.3 is 0 Å². The summed E-state index contributed by atoms with van der Waals surface area (Å²) < 4.78 is -0.467. The van der Waals surface area contributed by atoms with Gasteiger partial charge in [-0.2, -0.15) is 5.26 Å². The first-order chi connectivity index (χ1) is 7.27. The van der Waals surface area contributed by atoms with Crippen molar-refractivity contribution in [2.24, 2.45) is 5.92 Å². The Hall–Kier alpha value is -0.810. The van der Waals surface area contributed by atoms with Crippen molar-refractivity contribution in [1.82, 2.24) is 0 Å². The van der Waals surface area contributed by atoms with Crippen LogP contribution in [-0.4, -0.2) is 0 Å². The molecule has 0 aromatic heterocycles. The maximum absolute atomic E-state index is 9.40. The number of benzene rings is 1. The van der Waals surface area contributed by atoms with Gasteiger partial charge in [0.15, 0.2) is 0 Å². The molecule has 1 aliphatic carbocycles. The smallest absolute Gasteiger partial charge is 0.140 e. The Morgan fingerprint density at radius 2 is 1.80 bits per heavy atom. The van der Waals surface area contributed by atoms with Crippen molar-refractivity contribution in [1.29, 1.82) is 5.26 Å². The largest absolute Gasteiger partial charge is 0.196 e. The molecule has 15 heavy (non-hydrogen) atoms. The summed E-state index contributed by atoms with van der Waals surface area (Å²) in [5.41, 5.74) is 1.10. The fourth-order valence-electron chi connectivity index (χ4n) is 2.40. The molecular weight excluding hydrogens is 250 g/mol. The lowest BCUT2D eigenvalue weighted by Crippen LogP contribution is -2.25. The van der Waals surface area contributed by atoms with Crippen LogP contribution in [0.5, 0.6) is 0 Å². The number of hydrogen-bond acceptors (Lipinski definition) is 1. The minimum absolute atomic E-state index is 0.463. The predicted molar refractivity (Wildman–Crippen MR) is 64.6 cm³/mol. The number of alkyl halides is 1. The quantitative estimate of drug-likeness (QED) is 0.741. The van der Waals surface area contributed by atoms with Crippen LogP contribution in [0, 0.1) is 17.2 Å². The van der Waals surface area contributed by atoms with Crippen molar-refractivity contribution in [3.63, 3.8) is 0 Å². The molecule has 0 saturated heterocycles. The number of nitrogens with zero attached hydrogens (tertiary/aromatic N) is 1. The van der Waals surface area contributed by atoms with Crippen LogP contribution in [0.2, 0.25) is 0 Å². The molecule has 1 aliphatic rings. The average Bonchev–Trinajstić information content (AvgIpc) is 2.83. The van der Waals surface area contributed by atoms with Crippen molar-refractivity contribution in [2.75, 3.05) is 0 Å². The van der Waals surface area contributed by atoms with E-state index in [-0.39, 0.29) is 0 Å². The minimum atomic E-state index is -0.467. The van der Waals surface area contributed by atoms with E-state index in [0.717, 1.165) is 18.4 Å². The van der Waals surface area contributed by atoms with Crippen LogP contribution in [0.25, 0.3) is 0 Å². The Labute approximate surface area is 99.2 Å². The monoisotopic (exact) mass is 263 g/mol. The van der Waals surface area contributed by atoms with Gasteiger partial charge in [0.2, 0.25) is 0 Å². The van der Waals surface area contributed by atoms with Crippen LogP contribution >= 0.6 is 15.9 Å². The molecule has 1 nitrogen and oxygen atoms in total. The molecule has 78 valence electrons. The third-order valence-corrected chi connectivity index (χ3v) is 4.56. The Morgan fingerprint density at radius 1 is 1.20 bits per heavy atom. The second kappa shape index (κ2) is 4.37. The third-order valence-electron chi connectivity index (χ3n) is 3.27. The normalized spacial score (nSPS) is 20.8. The number of rotatable bonds is 2. The van der Waals surface area contributed by atoms with Crippen LogP contribution < -0.4 is 0 Å². The number of halogens is 1. The van der Waals surface area contributed by atoms with Crippen LogP contribution in [0.3, 0.4) is 0 Å². The van der Waals surface area contributed by atoms with Gasteiger partial charge < -0.3 is 0 Å². The van der Waals surface area contributed by atoms with Gasteiger partial charge in [-0.15, -0.1) is 0 Å². The molecule has 1 fully saturated rings. The van der Waals surface area contributed by atoms with Crippen LogP contribution in [-0.2, 0) is 4.32 Å². The molecule has 0 amide bonds. The minimum Gasteiger partial charge on any atom is -0.196 e. The molecule has 1 saturated carbocycles. The van der Waals surface area contributed by atoms with E-state index in [1.54, 1.807) is 0 Å². The fraction of sp³-hybridized carbons (Fsp3) is 0.462. The lowest BCUT2D eigenvalue weighted by molar-refractivity contribution is 0.473. The summed E-state index contributed by atoms with van der Waals surface area (Å²) >= 11 is 3.66. The zero-order valence-corrected chi connectivity index (χ0v) is 10.2. The standard InChI is InChI=1S/C13H14BrN/c14-13(10-15,12-8-4-5-9-12)11-6-2-1-3-7-11/h1-3,6-7,12H,4-5,8-9H2. The summed E-state index contributed by atoms with van der Waals surface area (Å²) in [6.45, 7) is 0. The first-order valence-electron chi connectivity index (χ1n) is 5.43. The van der Waals surface area contributed by atoms with Gasteiger partial charge in [-0.3, -0.25) is 0 Å². The molecule has 0 radical (unpaired) electrons. The lowest BCUT2D eigenvalue weighted by atomic mass is 9.86. The molecule has 1 aromatic rings. The van der Waals surface area contributed by atoms with Gasteiger partial charge in [0.1, 0.15) is 4.32 Å². The molecule has 0 spiro atoms. The van der Waals surface area contributed by atoms with Crippen LogP contribution in [0.15, 0.2) is 30.3 Å². The van der Waals surface area contributed by atoms with Gasteiger partial charge in [-0.1, -0.05) is 59.1 Å². The predicted octanol–water partition coefficient (Wildman–Crippen LogP) is 3.99. The van der Waals surface area contributed by atoms with Crippen molar-refractivity contribution in [3.05, 3.63) is 35.9 Å². The zero-order valence-electron chi connectivity index (χ0n) is 8.62. The Kier molecular flexibility index (Phi) is 3.11. The molecule has 0 bridgehead atoms. The maximum atomic E-state index is 9.40. The Balaban J connectivity index is 2.33. The second-order valence-electron chi connectivity index (χ2n) is 4.17. The highest BCUT2D eigenvalue weighted by Gasteiger charge is 2.39. The van der Waals surface area contributed by atoms with E-state index in [9.17, 15) is 5.26 Å². The summed E-state index contributed by atoms with van der Waals surface area (Å²) in [6, 6.07) is 12.5. The maximum Gasteiger partial charge on any atom is 0.140 e. The number of nitriles is 1. The second-order valence-corrected chi connectivity index (χ2v) is 5.42. The lowest BCUT2D eigenvalue weighted by Gasteiger charge is -2.26. The topological polar surface area (TPSA) is 23.8 Å². The van der Waals surface area contributed by atoms with E-state index in [1.807, 2.05) is 30.3 Å². The Bertz CT molecular complexity index is 362. The molecule has 0 N–H and O–H groups in total. The van der Waals surface area contributed by atoms with Gasteiger partial charge in [0.25, 0.3) is 0 Å². The van der Waals surface area contributed by atoms with E-state index in [0.29, 0.717) is 5.92 Å². The molecule has 0 aliphatic heterocycles. The van der Waals surface area contributed by atoms with Gasteiger partial charge in [0.05, 0.1) is 6.07 Å². The van der Waals surface area contributed by atoms with Gasteiger partial charge in [-0.25, -0.2) is 0 Å². The van der Waals surface area contributed by atoms with E-state index < -0.39 is 4.32 Å². The summed E-state index contributed by atoms with van der Waals surface area (Å²) in [6.07, 6.45) is 4.83. The Morgan fingerprint density at radius 3 is 2.33 bits per heavy atom. The average molecular weight is 264 g/mol. The highest BCUT2D eigenvalue weighted by Crippen LogP contribution is 2.46. The van der Waals surface area contributed by atoms with Crippen molar-refractivity contribution in [2.45, 2.75) is 30.0 Å². The van der Waals surface area contributed by atoms with E-state index in [1.165, 1.54) is 12.8 Å². The zero-order chi connectivity index (χ0) is 10.7. The van der Waals surface area contributed by atoms with Crippen molar-refractivity contribution < 1.29 is 0 Å². The van der Waals surface area contributed by atoms with E-state index >= 15 is 0 Å². The number of hydrogen-bond donors (Lipinski definition) is 0. The van der Waals surface area contributed by atoms with Crippen LogP contribution in [0.4, 0.5) is 0 Å². The first kappa shape index (κ1) is 10.7. The van der Waals surface area contributed by atoms with E-state index in [2.05, 4.69) is 22.0 Å². The molecule has 0 heterocycles. The van der Waals surface area contributed by atoms with Gasteiger partial charge in [-0.05, 0) is 24.3 Å². The van der Waals surface area contributed by atoms with Crippen molar-refractivity contribution >= 4 is 15.9 Å². The molecule has 2 heteroatoms. The summed E-state index contributed by atoms with van der Waals surface area (Å²) in [7, 11) is 0. The summed E-state index contributed by atoms with van der Waals surface area (Å²) in [5.74, 6) is 0.463. The molecule has 1 aromatic carbocycles. The first-order valence-corrected chi connectivity index (χ1v) is 6.22. The van der Waals surface area contributed by atoms with E-state index in [4.69, 9.17) is 0 Å². The summed E-state index contributed by atoms with van der Waals surface area (Å²) in [5, 5.41) is 9.40. The SMILES string of the molecule is N#CC(Br)(c1ccccc1)C1CCCC1. The third kappa shape index (κ3) is 1.94. The molecule has 2 rings (SSSR count). The molecular formula is C13H14BrN. The molecule has 1 atom stereocenters. The fourth-order valence-corrected chi connectivity index (χ4v) is 3.12. The molecule has 1 unspecified atom stereocenters. The summed E-state index contributed by atoms with van der Waals surface area (Å²) in [4.78, 5) is 0. The van der Waals surface area contributed by atoms with Crippen LogP contribution in [0.1, 0.15) is 31.2 Å². The van der Waals surface area contributed by atoms with Crippen molar-refractivity contribution in [3.8, 4) is 6.07 Å². The van der Waals surface area contributed by atoms with Gasteiger partial charge in [0, 0.05) is 0 Å².